The van der Waals surface area contributed by atoms with Crippen molar-refractivity contribution in [3.8, 4) is 11.1 Å². The van der Waals surface area contributed by atoms with Crippen molar-refractivity contribution >= 4 is 11.8 Å². The maximum Gasteiger partial charge on any atom is 0.251 e. The van der Waals surface area contributed by atoms with E-state index in [9.17, 15) is 9.59 Å². The second kappa shape index (κ2) is 11.0. The van der Waals surface area contributed by atoms with Crippen LogP contribution in [0.5, 0.6) is 0 Å². The van der Waals surface area contributed by atoms with Crippen LogP contribution in [0.2, 0.25) is 0 Å². The Bertz CT molecular complexity index is 739. The number of nitrogens with one attached hydrogen (secondary N) is 1. The Labute approximate surface area is 161 Å². The van der Waals surface area contributed by atoms with Gasteiger partial charge in [-0.2, -0.15) is 0 Å². The van der Waals surface area contributed by atoms with Crippen molar-refractivity contribution in [3.63, 3.8) is 0 Å². The molecule has 2 aromatic carbocycles. The van der Waals surface area contributed by atoms with E-state index in [0.29, 0.717) is 12.0 Å². The summed E-state index contributed by atoms with van der Waals surface area (Å²) in [5, 5.41) is 2.76. The van der Waals surface area contributed by atoms with Crippen molar-refractivity contribution < 1.29 is 9.59 Å². The van der Waals surface area contributed by atoms with Gasteiger partial charge in [-0.15, -0.1) is 6.58 Å². The normalized spacial score (nSPS) is 11.6. The third kappa shape index (κ3) is 6.74. The van der Waals surface area contributed by atoms with Crippen LogP contribution in [0.3, 0.4) is 0 Å². The molecular formula is C23H28N2O2. The van der Waals surface area contributed by atoms with Crippen LogP contribution in [-0.2, 0) is 4.79 Å². The minimum Gasteiger partial charge on any atom is -0.368 e. The number of primary amides is 1. The molecule has 2 amide bonds. The van der Waals surface area contributed by atoms with Crippen molar-refractivity contribution in [1.82, 2.24) is 5.32 Å². The van der Waals surface area contributed by atoms with E-state index in [0.717, 1.165) is 43.2 Å². The second-order valence-corrected chi connectivity index (χ2v) is 6.65. The molecular weight excluding hydrogens is 336 g/mol. The Morgan fingerprint density at radius 1 is 0.926 bits per heavy atom. The standard InChI is InChI=1S/C23H28N2O2/c1-2-3-4-5-6-10-13-21(22(24)26)25-23(27)20-16-14-19(15-17-20)18-11-8-7-9-12-18/h2,7-9,11-12,14-17,21H,1,3-6,10,13H2,(H2,24,26)(H,25,27)/t21-/m1/s1. The highest BCUT2D eigenvalue weighted by atomic mass is 16.2. The smallest absolute Gasteiger partial charge is 0.251 e. The van der Waals surface area contributed by atoms with Gasteiger partial charge in [0.2, 0.25) is 5.91 Å². The van der Waals surface area contributed by atoms with E-state index < -0.39 is 11.9 Å². The second-order valence-electron chi connectivity index (χ2n) is 6.65. The lowest BCUT2D eigenvalue weighted by Gasteiger charge is -2.15. The van der Waals surface area contributed by atoms with Crippen LogP contribution >= 0.6 is 0 Å². The van der Waals surface area contributed by atoms with Gasteiger partial charge in [-0.3, -0.25) is 9.59 Å². The molecule has 0 saturated heterocycles. The van der Waals surface area contributed by atoms with Crippen LogP contribution in [-0.4, -0.2) is 17.9 Å². The third-order valence-corrected chi connectivity index (χ3v) is 4.55. The Morgan fingerprint density at radius 3 is 2.19 bits per heavy atom. The van der Waals surface area contributed by atoms with E-state index in [1.165, 1.54) is 0 Å². The average molecular weight is 364 g/mol. The minimum atomic E-state index is -0.634. The molecule has 0 aromatic heterocycles. The molecule has 0 fully saturated rings. The lowest BCUT2D eigenvalue weighted by Crippen LogP contribution is -2.44. The summed E-state index contributed by atoms with van der Waals surface area (Å²) in [4.78, 5) is 24.1. The highest BCUT2D eigenvalue weighted by molar-refractivity contribution is 5.97. The fraction of sp³-hybridized carbons (Fsp3) is 0.304. The Balaban J connectivity index is 1.89. The molecule has 0 unspecified atom stereocenters. The van der Waals surface area contributed by atoms with Gasteiger partial charge in [0, 0.05) is 5.56 Å². The van der Waals surface area contributed by atoms with Crippen molar-refractivity contribution in [2.45, 2.75) is 44.6 Å². The number of unbranched alkanes of at least 4 members (excludes halogenated alkanes) is 4. The molecule has 0 saturated carbocycles. The predicted octanol–water partition coefficient (Wildman–Crippen LogP) is 4.46. The summed E-state index contributed by atoms with van der Waals surface area (Å²) >= 11 is 0. The van der Waals surface area contributed by atoms with Gasteiger partial charge in [0.25, 0.3) is 5.91 Å². The zero-order valence-corrected chi connectivity index (χ0v) is 15.7. The molecule has 2 aromatic rings. The average Bonchev–Trinajstić information content (AvgIpc) is 2.70. The molecule has 0 aliphatic heterocycles. The summed E-state index contributed by atoms with van der Waals surface area (Å²) in [6.07, 6.45) is 7.55. The van der Waals surface area contributed by atoms with Crippen molar-refractivity contribution in [1.29, 1.82) is 0 Å². The first kappa shape index (κ1) is 20.4. The number of rotatable bonds is 11. The summed E-state index contributed by atoms with van der Waals surface area (Å²) in [5.41, 5.74) is 8.11. The molecule has 27 heavy (non-hydrogen) atoms. The van der Waals surface area contributed by atoms with Crippen molar-refractivity contribution in [2.24, 2.45) is 5.73 Å². The maximum atomic E-state index is 12.5. The number of hydrogen-bond acceptors (Lipinski definition) is 2. The van der Waals surface area contributed by atoms with E-state index in [1.807, 2.05) is 48.5 Å². The fourth-order valence-corrected chi connectivity index (χ4v) is 2.96. The lowest BCUT2D eigenvalue weighted by molar-refractivity contribution is -0.120. The van der Waals surface area contributed by atoms with E-state index in [-0.39, 0.29) is 5.91 Å². The Kier molecular flexibility index (Phi) is 8.30. The molecule has 4 heteroatoms. The number of carbonyl (C=O) groups excluding carboxylic acids is 2. The molecule has 3 N–H and O–H groups in total. The molecule has 0 aliphatic carbocycles. The van der Waals surface area contributed by atoms with Gasteiger partial charge in [-0.25, -0.2) is 0 Å². The van der Waals surface area contributed by atoms with Gasteiger partial charge in [0.05, 0.1) is 0 Å². The molecule has 0 aliphatic rings. The fourth-order valence-electron chi connectivity index (χ4n) is 2.96. The highest BCUT2D eigenvalue weighted by Crippen LogP contribution is 2.19. The lowest BCUT2D eigenvalue weighted by atomic mass is 10.0. The van der Waals surface area contributed by atoms with Crippen LogP contribution < -0.4 is 11.1 Å². The van der Waals surface area contributed by atoms with E-state index in [1.54, 1.807) is 12.1 Å². The number of amides is 2. The van der Waals surface area contributed by atoms with Gasteiger partial charge in [0.1, 0.15) is 6.04 Å². The summed E-state index contributed by atoms with van der Waals surface area (Å²) in [6.45, 7) is 3.71. The van der Waals surface area contributed by atoms with Gasteiger partial charge in [-0.05, 0) is 42.5 Å². The first-order valence-electron chi connectivity index (χ1n) is 9.48. The van der Waals surface area contributed by atoms with Crippen LogP contribution in [0.1, 0.15) is 48.9 Å². The van der Waals surface area contributed by atoms with E-state index in [4.69, 9.17) is 5.73 Å². The first-order valence-corrected chi connectivity index (χ1v) is 9.48. The molecule has 0 radical (unpaired) electrons. The van der Waals surface area contributed by atoms with Crippen LogP contribution in [0, 0.1) is 0 Å². The Morgan fingerprint density at radius 2 is 1.56 bits per heavy atom. The quantitative estimate of drug-likeness (QED) is 0.456. The van der Waals surface area contributed by atoms with Gasteiger partial charge < -0.3 is 11.1 Å². The van der Waals surface area contributed by atoms with Gasteiger partial charge in [0.15, 0.2) is 0 Å². The topological polar surface area (TPSA) is 72.2 Å². The molecule has 2 rings (SSSR count). The zero-order valence-electron chi connectivity index (χ0n) is 15.7. The molecule has 0 bridgehead atoms. The predicted molar refractivity (Wildman–Crippen MR) is 110 cm³/mol. The molecule has 0 heterocycles. The summed E-state index contributed by atoms with van der Waals surface area (Å²) in [7, 11) is 0. The van der Waals surface area contributed by atoms with Crippen molar-refractivity contribution in [3.05, 3.63) is 72.8 Å². The minimum absolute atomic E-state index is 0.273. The molecule has 0 spiro atoms. The largest absolute Gasteiger partial charge is 0.368 e. The highest BCUT2D eigenvalue weighted by Gasteiger charge is 2.18. The number of allylic oxidation sites excluding steroid dienone is 1. The molecule has 1 atom stereocenters. The number of nitrogens with two attached hydrogens (primary N) is 1. The summed E-state index contributed by atoms with van der Waals surface area (Å²) in [6, 6.07) is 16.7. The monoisotopic (exact) mass is 364 g/mol. The van der Waals surface area contributed by atoms with Gasteiger partial charge in [-0.1, -0.05) is 67.8 Å². The van der Waals surface area contributed by atoms with Crippen LogP contribution in [0.15, 0.2) is 67.3 Å². The van der Waals surface area contributed by atoms with Crippen LogP contribution in [0.25, 0.3) is 11.1 Å². The summed E-state index contributed by atoms with van der Waals surface area (Å²) < 4.78 is 0. The number of hydrogen-bond donors (Lipinski definition) is 2. The zero-order chi connectivity index (χ0) is 19.5. The number of benzene rings is 2. The number of carbonyl (C=O) groups is 2. The van der Waals surface area contributed by atoms with E-state index >= 15 is 0 Å². The molecule has 142 valence electrons. The SMILES string of the molecule is C=CCCCCCC[C@@H](NC(=O)c1ccc(-c2ccccc2)cc1)C(N)=O. The molecule has 4 nitrogen and oxygen atoms in total. The maximum absolute atomic E-state index is 12.5. The van der Waals surface area contributed by atoms with Crippen LogP contribution in [0.4, 0.5) is 0 Å². The first-order chi connectivity index (χ1) is 13.1. The van der Waals surface area contributed by atoms with E-state index in [2.05, 4.69) is 11.9 Å². The third-order valence-electron chi connectivity index (χ3n) is 4.55. The Hall–Kier alpha value is -2.88. The summed E-state index contributed by atoms with van der Waals surface area (Å²) in [5.74, 6) is -0.764. The van der Waals surface area contributed by atoms with Crippen molar-refractivity contribution in [2.75, 3.05) is 0 Å². The van der Waals surface area contributed by atoms with Gasteiger partial charge >= 0.3 is 0 Å².